The van der Waals surface area contributed by atoms with Crippen molar-refractivity contribution in [2.75, 3.05) is 68.8 Å². The Morgan fingerprint density at radius 1 is 0.500 bits per heavy atom. The number of hydrogen-bond acceptors (Lipinski definition) is 8. The zero-order valence-electron chi connectivity index (χ0n) is 24.4. The summed E-state index contributed by atoms with van der Waals surface area (Å²) in [6.45, 7) is 3.64. The maximum absolute atomic E-state index is 5.74. The van der Waals surface area contributed by atoms with Crippen LogP contribution in [0.1, 0.15) is 24.2 Å². The molecule has 4 N–H and O–H groups in total. The molecular weight excluding hydrogens is 512 g/mol. The topological polar surface area (TPSA) is 111 Å². The molecule has 40 heavy (non-hydrogen) atoms. The van der Waals surface area contributed by atoms with E-state index >= 15 is 0 Å². The van der Waals surface area contributed by atoms with Crippen LogP contribution in [0.2, 0.25) is 0 Å². The molecule has 0 aliphatic carbocycles. The van der Waals surface area contributed by atoms with Gasteiger partial charge in [-0.25, -0.2) is 0 Å². The van der Waals surface area contributed by atoms with Crippen molar-refractivity contribution >= 4 is 21.8 Å². The summed E-state index contributed by atoms with van der Waals surface area (Å²) in [5, 5.41) is 8.88. The maximum Gasteiger partial charge on any atom is 0.173 e. The van der Waals surface area contributed by atoms with Crippen molar-refractivity contribution in [1.82, 2.24) is 20.6 Å². The molecule has 2 heterocycles. The fourth-order valence-electron chi connectivity index (χ4n) is 5.26. The zero-order chi connectivity index (χ0) is 28.5. The van der Waals surface area contributed by atoms with E-state index in [1.54, 1.807) is 42.7 Å². The molecule has 2 aromatic carbocycles. The van der Waals surface area contributed by atoms with Crippen molar-refractivity contribution in [3.63, 3.8) is 0 Å². The first-order chi connectivity index (χ1) is 19.6. The van der Waals surface area contributed by atoms with Gasteiger partial charge in [0.15, 0.2) is 34.5 Å². The average Bonchev–Trinajstić information content (AvgIpc) is 3.53. The first-order valence-electron chi connectivity index (χ1n) is 13.6. The summed E-state index contributed by atoms with van der Waals surface area (Å²) >= 11 is 0. The highest BCUT2D eigenvalue weighted by atomic mass is 16.5. The standard InChI is InChI=1S/C30H42N4O6/c1-35-23-13-11-19-25(29(23)39-5)27(37-3)21(33-19)9-7-15-31-17-18-32-16-8-10-22-28(38-4)26-20(34-22)12-14-24(36-2)30(26)40-6/h11-14,31-34H,7-10,15-18H2,1-6H3. The highest BCUT2D eigenvalue weighted by Crippen LogP contribution is 2.44. The van der Waals surface area contributed by atoms with Crippen molar-refractivity contribution in [2.24, 2.45) is 0 Å². The molecule has 0 aliphatic rings. The molecule has 0 aliphatic heterocycles. The van der Waals surface area contributed by atoms with Gasteiger partial charge in [0.1, 0.15) is 0 Å². The average molecular weight is 555 g/mol. The number of aromatic nitrogens is 2. The van der Waals surface area contributed by atoms with E-state index < -0.39 is 0 Å². The predicted octanol–water partition coefficient (Wildman–Crippen LogP) is 4.45. The number of H-pyrrole nitrogens is 2. The van der Waals surface area contributed by atoms with Gasteiger partial charge in [-0.3, -0.25) is 0 Å². The summed E-state index contributed by atoms with van der Waals surface area (Å²) < 4.78 is 33.6. The van der Waals surface area contributed by atoms with Crippen molar-refractivity contribution in [1.29, 1.82) is 0 Å². The van der Waals surface area contributed by atoms with Gasteiger partial charge in [-0.05, 0) is 63.0 Å². The van der Waals surface area contributed by atoms with Crippen LogP contribution in [-0.2, 0) is 12.8 Å². The van der Waals surface area contributed by atoms with Crippen LogP contribution in [0.3, 0.4) is 0 Å². The van der Waals surface area contributed by atoms with Crippen molar-refractivity contribution in [3.05, 3.63) is 35.7 Å². The van der Waals surface area contributed by atoms with Crippen LogP contribution in [0.4, 0.5) is 0 Å². The van der Waals surface area contributed by atoms with Crippen LogP contribution >= 0.6 is 0 Å². The fraction of sp³-hybridized carbons (Fsp3) is 0.467. The van der Waals surface area contributed by atoms with E-state index in [9.17, 15) is 0 Å². The second kappa shape index (κ2) is 14.0. The largest absolute Gasteiger partial charge is 0.494 e. The number of nitrogens with one attached hydrogen (secondary N) is 4. The van der Waals surface area contributed by atoms with Gasteiger partial charge in [-0.15, -0.1) is 0 Å². The third-order valence-corrected chi connectivity index (χ3v) is 7.11. The number of benzene rings is 2. The fourth-order valence-corrected chi connectivity index (χ4v) is 5.26. The molecule has 0 radical (unpaired) electrons. The minimum absolute atomic E-state index is 0.687. The lowest BCUT2D eigenvalue weighted by Crippen LogP contribution is -2.28. The lowest BCUT2D eigenvalue weighted by molar-refractivity contribution is 0.356. The van der Waals surface area contributed by atoms with Crippen molar-refractivity contribution in [2.45, 2.75) is 25.7 Å². The monoisotopic (exact) mass is 554 g/mol. The van der Waals surface area contributed by atoms with E-state index in [-0.39, 0.29) is 0 Å². The Balaban J connectivity index is 1.19. The summed E-state index contributed by atoms with van der Waals surface area (Å²) in [6.07, 6.45) is 3.70. The molecule has 0 saturated heterocycles. The van der Waals surface area contributed by atoms with Gasteiger partial charge in [0.05, 0.1) is 75.9 Å². The SMILES string of the molecule is COc1ccc2[nH]c(CCCNCCNCCCc3[nH]c4ccc(OC)c(OC)c4c3OC)c(OC)c2c1OC. The van der Waals surface area contributed by atoms with Gasteiger partial charge in [-0.2, -0.15) is 0 Å². The number of fused-ring (bicyclic) bond motifs is 2. The predicted molar refractivity (Wildman–Crippen MR) is 158 cm³/mol. The molecule has 10 heteroatoms. The smallest absolute Gasteiger partial charge is 0.173 e. The van der Waals surface area contributed by atoms with Crippen LogP contribution in [0, 0.1) is 0 Å². The second-order valence-corrected chi connectivity index (χ2v) is 9.43. The molecule has 10 nitrogen and oxygen atoms in total. The second-order valence-electron chi connectivity index (χ2n) is 9.43. The van der Waals surface area contributed by atoms with Gasteiger partial charge >= 0.3 is 0 Å². The lowest BCUT2D eigenvalue weighted by Gasteiger charge is -2.10. The lowest BCUT2D eigenvalue weighted by atomic mass is 10.1. The molecule has 0 atom stereocenters. The third kappa shape index (κ3) is 6.03. The summed E-state index contributed by atoms with van der Waals surface area (Å²) in [4.78, 5) is 6.97. The Morgan fingerprint density at radius 3 is 1.25 bits per heavy atom. The summed E-state index contributed by atoms with van der Waals surface area (Å²) in [5.74, 6) is 4.38. The first kappa shape index (κ1) is 29.2. The normalized spacial score (nSPS) is 11.2. The van der Waals surface area contributed by atoms with Crippen LogP contribution in [0.25, 0.3) is 21.8 Å². The number of methoxy groups -OCH3 is 6. The van der Waals surface area contributed by atoms with E-state index in [0.29, 0.717) is 23.0 Å². The van der Waals surface area contributed by atoms with E-state index in [4.69, 9.17) is 28.4 Å². The Morgan fingerprint density at radius 2 is 0.900 bits per heavy atom. The van der Waals surface area contributed by atoms with Crippen LogP contribution in [0.5, 0.6) is 34.5 Å². The third-order valence-electron chi connectivity index (χ3n) is 7.11. The minimum Gasteiger partial charge on any atom is -0.494 e. The molecule has 4 aromatic rings. The Kier molecular flexibility index (Phi) is 10.3. The van der Waals surface area contributed by atoms with Gasteiger partial charge in [0.2, 0.25) is 0 Å². The van der Waals surface area contributed by atoms with Crippen LogP contribution in [0.15, 0.2) is 24.3 Å². The van der Waals surface area contributed by atoms with Crippen molar-refractivity contribution < 1.29 is 28.4 Å². The molecule has 4 rings (SSSR count). The highest BCUT2D eigenvalue weighted by molar-refractivity contribution is 5.96. The van der Waals surface area contributed by atoms with Gasteiger partial charge in [0.25, 0.3) is 0 Å². The molecule has 0 saturated carbocycles. The van der Waals surface area contributed by atoms with Crippen LogP contribution in [-0.4, -0.2) is 78.8 Å². The molecule has 0 bridgehead atoms. The number of hydrogen-bond donors (Lipinski definition) is 4. The van der Waals surface area contributed by atoms with Crippen molar-refractivity contribution in [3.8, 4) is 34.5 Å². The number of aryl methyl sites for hydroxylation is 2. The quantitative estimate of drug-likeness (QED) is 0.142. The molecule has 0 unspecified atom stereocenters. The highest BCUT2D eigenvalue weighted by Gasteiger charge is 2.20. The minimum atomic E-state index is 0.687. The van der Waals surface area contributed by atoms with E-state index in [1.165, 1.54) is 0 Å². The van der Waals surface area contributed by atoms with Crippen LogP contribution < -0.4 is 39.1 Å². The Bertz CT molecular complexity index is 1290. The molecule has 218 valence electrons. The Labute approximate surface area is 235 Å². The van der Waals surface area contributed by atoms with Gasteiger partial charge in [-0.1, -0.05) is 0 Å². The molecule has 0 spiro atoms. The maximum atomic E-state index is 5.74. The Hall–Kier alpha value is -3.76. The summed E-state index contributed by atoms with van der Waals surface area (Å²) in [5.41, 5.74) is 4.08. The van der Waals surface area contributed by atoms with E-state index in [1.807, 2.05) is 24.3 Å². The molecule has 2 aromatic heterocycles. The first-order valence-corrected chi connectivity index (χ1v) is 13.6. The van der Waals surface area contributed by atoms with E-state index in [0.717, 1.165) is 96.6 Å². The number of rotatable bonds is 17. The number of ether oxygens (including phenoxy) is 6. The molecular formula is C30H42N4O6. The van der Waals surface area contributed by atoms with Gasteiger partial charge < -0.3 is 49.0 Å². The summed E-state index contributed by atoms with van der Waals surface area (Å²) in [6, 6.07) is 7.80. The number of aromatic amines is 2. The van der Waals surface area contributed by atoms with E-state index in [2.05, 4.69) is 20.6 Å². The summed E-state index contributed by atoms with van der Waals surface area (Å²) in [7, 11) is 9.96. The molecule has 0 amide bonds. The van der Waals surface area contributed by atoms with Gasteiger partial charge in [0, 0.05) is 13.1 Å². The zero-order valence-corrected chi connectivity index (χ0v) is 24.4. The molecule has 0 fully saturated rings.